The van der Waals surface area contributed by atoms with E-state index in [1.165, 1.54) is 17.7 Å². The molecule has 154 valence electrons. The zero-order valence-electron chi connectivity index (χ0n) is 16.7. The summed E-state index contributed by atoms with van der Waals surface area (Å²) in [6, 6.07) is 14.2. The van der Waals surface area contributed by atoms with Crippen molar-refractivity contribution in [1.82, 2.24) is 9.97 Å². The van der Waals surface area contributed by atoms with Crippen molar-refractivity contribution < 1.29 is 9.18 Å². The number of anilines is 2. The second-order valence-electron chi connectivity index (χ2n) is 7.36. The molecule has 30 heavy (non-hydrogen) atoms. The smallest absolute Gasteiger partial charge is 0.227 e. The molecule has 3 aromatic rings. The Bertz CT molecular complexity index is 1020. The Morgan fingerprint density at radius 3 is 2.57 bits per heavy atom. The van der Waals surface area contributed by atoms with Crippen LogP contribution in [0.5, 0.6) is 0 Å². The van der Waals surface area contributed by atoms with Crippen LogP contribution in [0.2, 0.25) is 0 Å². The van der Waals surface area contributed by atoms with Crippen LogP contribution in [-0.4, -0.2) is 29.0 Å². The lowest BCUT2D eigenvalue weighted by Crippen LogP contribution is -2.38. The number of aromatic nitrogens is 2. The van der Waals surface area contributed by atoms with Crippen molar-refractivity contribution in [3.05, 3.63) is 72.3 Å². The van der Waals surface area contributed by atoms with Crippen molar-refractivity contribution >= 4 is 29.2 Å². The number of nitrogens with one attached hydrogen (secondary N) is 1. The number of hydrogen-bond donors (Lipinski definition) is 1. The molecular weight excluding hydrogens is 399 g/mol. The molecule has 5 nitrogen and oxygen atoms in total. The summed E-state index contributed by atoms with van der Waals surface area (Å²) in [5.41, 5.74) is 1.83. The summed E-state index contributed by atoms with van der Waals surface area (Å²) in [5.74, 6) is 0.455. The van der Waals surface area contributed by atoms with Gasteiger partial charge in [0.2, 0.25) is 5.91 Å². The summed E-state index contributed by atoms with van der Waals surface area (Å²) in [6.45, 7) is 3.55. The highest BCUT2D eigenvalue weighted by Gasteiger charge is 2.27. The monoisotopic (exact) mass is 422 g/mol. The maximum absolute atomic E-state index is 13.0. The average Bonchev–Trinajstić information content (AvgIpc) is 2.76. The van der Waals surface area contributed by atoms with Gasteiger partial charge in [-0.1, -0.05) is 29.5 Å². The Hall–Kier alpha value is -2.93. The highest BCUT2D eigenvalue weighted by atomic mass is 32.2. The standard InChI is InChI=1S/C23H23FN4OS/c1-16-3-2-4-20(15-16)30-23-21(25-11-12-26-23)28-13-9-17(10-14-28)22(29)27-19-7-5-18(24)6-8-19/h2-8,11-12,15,17H,9-10,13-14H2,1H3,(H,27,29). The van der Waals surface area contributed by atoms with Crippen molar-refractivity contribution in [2.45, 2.75) is 29.7 Å². The molecule has 1 N–H and O–H groups in total. The highest BCUT2D eigenvalue weighted by Crippen LogP contribution is 2.34. The molecule has 1 aliphatic rings. The van der Waals surface area contributed by atoms with Crippen molar-refractivity contribution in [2.24, 2.45) is 5.92 Å². The van der Waals surface area contributed by atoms with Gasteiger partial charge in [0.05, 0.1) is 0 Å². The number of amides is 1. The lowest BCUT2D eigenvalue weighted by Gasteiger charge is -2.32. The topological polar surface area (TPSA) is 58.1 Å². The van der Waals surface area contributed by atoms with Gasteiger partial charge in [-0.05, 0) is 56.2 Å². The molecule has 1 saturated heterocycles. The van der Waals surface area contributed by atoms with Crippen LogP contribution in [0.4, 0.5) is 15.9 Å². The van der Waals surface area contributed by atoms with Gasteiger partial charge in [-0.25, -0.2) is 14.4 Å². The molecule has 1 aliphatic heterocycles. The molecule has 0 saturated carbocycles. The second kappa shape index (κ2) is 9.26. The van der Waals surface area contributed by atoms with Gasteiger partial charge >= 0.3 is 0 Å². The minimum atomic E-state index is -0.315. The van der Waals surface area contributed by atoms with Crippen LogP contribution in [0.15, 0.2) is 70.8 Å². The number of carbonyl (C=O) groups excluding carboxylic acids is 1. The number of aryl methyl sites for hydroxylation is 1. The molecule has 1 fully saturated rings. The van der Waals surface area contributed by atoms with E-state index in [1.807, 2.05) is 6.07 Å². The molecule has 0 bridgehead atoms. The lowest BCUT2D eigenvalue weighted by molar-refractivity contribution is -0.120. The molecule has 0 spiro atoms. The van der Waals surface area contributed by atoms with E-state index in [-0.39, 0.29) is 17.6 Å². The van der Waals surface area contributed by atoms with Gasteiger partial charge in [-0.15, -0.1) is 0 Å². The molecule has 0 aliphatic carbocycles. The molecule has 2 aromatic carbocycles. The van der Waals surface area contributed by atoms with E-state index in [4.69, 9.17) is 0 Å². The van der Waals surface area contributed by atoms with Crippen LogP contribution in [0.3, 0.4) is 0 Å². The van der Waals surface area contributed by atoms with Crippen molar-refractivity contribution in [1.29, 1.82) is 0 Å². The molecule has 1 aromatic heterocycles. The molecule has 1 amide bonds. The Morgan fingerprint density at radius 1 is 1.10 bits per heavy atom. The van der Waals surface area contributed by atoms with Gasteiger partial charge in [0.1, 0.15) is 10.8 Å². The Morgan fingerprint density at radius 2 is 1.83 bits per heavy atom. The van der Waals surface area contributed by atoms with Gasteiger partial charge in [0.15, 0.2) is 5.82 Å². The summed E-state index contributed by atoms with van der Waals surface area (Å²) < 4.78 is 13.0. The van der Waals surface area contributed by atoms with E-state index >= 15 is 0 Å². The molecule has 0 unspecified atom stereocenters. The summed E-state index contributed by atoms with van der Waals surface area (Å²) in [4.78, 5) is 25.0. The fraction of sp³-hybridized carbons (Fsp3) is 0.261. The third kappa shape index (κ3) is 4.97. The first-order valence-corrected chi connectivity index (χ1v) is 10.8. The Balaban J connectivity index is 1.39. The third-order valence-electron chi connectivity index (χ3n) is 5.13. The molecule has 4 rings (SSSR count). The number of halogens is 1. The average molecular weight is 423 g/mol. The first-order valence-electron chi connectivity index (χ1n) is 9.95. The van der Waals surface area contributed by atoms with Gasteiger partial charge in [0, 0.05) is 42.0 Å². The summed E-state index contributed by atoms with van der Waals surface area (Å²) >= 11 is 1.61. The SMILES string of the molecule is Cc1cccc(Sc2nccnc2N2CCC(C(=O)Nc3ccc(F)cc3)CC2)c1. The van der Waals surface area contributed by atoms with Crippen molar-refractivity contribution in [3.8, 4) is 0 Å². The Labute approximate surface area is 179 Å². The fourth-order valence-corrected chi connectivity index (χ4v) is 4.53. The van der Waals surface area contributed by atoms with Gasteiger partial charge in [-0.3, -0.25) is 4.79 Å². The first kappa shape index (κ1) is 20.3. The summed E-state index contributed by atoms with van der Waals surface area (Å²) in [6.07, 6.45) is 4.89. The molecule has 0 radical (unpaired) electrons. The van der Waals surface area contributed by atoms with E-state index in [9.17, 15) is 9.18 Å². The van der Waals surface area contributed by atoms with Crippen LogP contribution in [0.1, 0.15) is 18.4 Å². The van der Waals surface area contributed by atoms with Gasteiger partial charge < -0.3 is 10.2 Å². The van der Waals surface area contributed by atoms with Crippen LogP contribution in [-0.2, 0) is 4.79 Å². The number of rotatable bonds is 5. The second-order valence-corrected chi connectivity index (χ2v) is 8.42. The largest absolute Gasteiger partial charge is 0.354 e. The molecule has 7 heteroatoms. The number of carbonyl (C=O) groups is 1. The number of piperidine rings is 1. The number of hydrogen-bond acceptors (Lipinski definition) is 5. The van der Waals surface area contributed by atoms with Crippen LogP contribution in [0, 0.1) is 18.7 Å². The lowest BCUT2D eigenvalue weighted by atomic mass is 9.96. The van der Waals surface area contributed by atoms with Crippen molar-refractivity contribution in [2.75, 3.05) is 23.3 Å². The minimum absolute atomic E-state index is 0.0187. The van der Waals surface area contributed by atoms with Gasteiger partial charge in [-0.2, -0.15) is 0 Å². The highest BCUT2D eigenvalue weighted by molar-refractivity contribution is 7.99. The predicted molar refractivity (Wildman–Crippen MR) is 117 cm³/mol. The van der Waals surface area contributed by atoms with Gasteiger partial charge in [0.25, 0.3) is 0 Å². The van der Waals surface area contributed by atoms with Crippen LogP contribution >= 0.6 is 11.8 Å². The maximum atomic E-state index is 13.0. The Kier molecular flexibility index (Phi) is 6.28. The van der Waals surface area contributed by atoms with Crippen molar-refractivity contribution in [3.63, 3.8) is 0 Å². The normalized spacial score (nSPS) is 14.5. The molecule has 2 heterocycles. The third-order valence-corrected chi connectivity index (χ3v) is 6.10. The van der Waals surface area contributed by atoms with E-state index in [0.29, 0.717) is 5.69 Å². The molecule has 0 atom stereocenters. The van der Waals surface area contributed by atoms with E-state index in [1.54, 1.807) is 36.3 Å². The molecular formula is C23H23FN4OS. The summed E-state index contributed by atoms with van der Waals surface area (Å²) in [5, 5.41) is 3.76. The number of nitrogens with zero attached hydrogens (tertiary/aromatic N) is 3. The fourth-order valence-electron chi connectivity index (χ4n) is 3.53. The van der Waals surface area contributed by atoms with Crippen LogP contribution < -0.4 is 10.2 Å². The summed E-state index contributed by atoms with van der Waals surface area (Å²) in [7, 11) is 0. The van der Waals surface area contributed by atoms with Crippen LogP contribution in [0.25, 0.3) is 0 Å². The zero-order chi connectivity index (χ0) is 20.9. The van der Waals surface area contributed by atoms with E-state index < -0.39 is 0 Å². The first-order chi connectivity index (χ1) is 14.6. The maximum Gasteiger partial charge on any atom is 0.227 e. The van der Waals surface area contributed by atoms with E-state index in [2.05, 4.69) is 45.3 Å². The number of benzene rings is 2. The van der Waals surface area contributed by atoms with E-state index in [0.717, 1.165) is 41.7 Å². The zero-order valence-corrected chi connectivity index (χ0v) is 17.5. The minimum Gasteiger partial charge on any atom is -0.354 e. The quantitative estimate of drug-likeness (QED) is 0.632. The predicted octanol–water partition coefficient (Wildman–Crippen LogP) is 4.93.